The van der Waals surface area contributed by atoms with Gasteiger partial charge >= 0.3 is 0 Å². The van der Waals surface area contributed by atoms with E-state index in [2.05, 4.69) is 139 Å². The third kappa shape index (κ3) is 4.50. The number of rotatable bonds is 4. The van der Waals surface area contributed by atoms with Crippen LogP contribution in [0.25, 0.3) is 73.4 Å². The highest BCUT2D eigenvalue weighted by Gasteiger charge is 2.25. The normalized spacial score (nSPS) is 14.9. The predicted octanol–water partition coefficient (Wildman–Crippen LogP) is 12.5. The Balaban J connectivity index is 1.11. The summed E-state index contributed by atoms with van der Waals surface area (Å²) in [7, 11) is 0. The predicted molar refractivity (Wildman–Crippen MR) is 217 cm³/mol. The molecule has 10 aromatic rings. The van der Waals surface area contributed by atoms with E-state index in [-0.39, 0.29) is 0 Å². The Morgan fingerprint density at radius 2 is 1.14 bits per heavy atom. The molecule has 1 unspecified atom stereocenters. The minimum absolute atomic E-state index is 0.481. The lowest BCUT2D eigenvalue weighted by Gasteiger charge is -2.23. The summed E-state index contributed by atoms with van der Waals surface area (Å²) in [4.78, 5) is 10.6. The molecule has 1 aliphatic rings. The summed E-state index contributed by atoms with van der Waals surface area (Å²) in [6.45, 7) is 0. The van der Waals surface area contributed by atoms with Crippen LogP contribution < -0.4 is 5.32 Å². The van der Waals surface area contributed by atoms with Crippen molar-refractivity contribution >= 4 is 96.6 Å². The van der Waals surface area contributed by atoms with E-state index >= 15 is 0 Å². The Labute approximate surface area is 300 Å². The van der Waals surface area contributed by atoms with Crippen LogP contribution in [0, 0.1) is 0 Å². The molecule has 1 N–H and O–H groups in total. The first-order valence-corrected chi connectivity index (χ1v) is 18.6. The number of thiophene rings is 2. The van der Waals surface area contributed by atoms with Gasteiger partial charge in [-0.15, -0.1) is 22.7 Å². The lowest BCUT2D eigenvalue weighted by Crippen LogP contribution is -2.36. The fourth-order valence-corrected chi connectivity index (χ4v) is 9.93. The lowest BCUT2D eigenvalue weighted by molar-refractivity contribution is 0.668. The summed E-state index contributed by atoms with van der Waals surface area (Å²) < 4.78 is 11.9. The van der Waals surface area contributed by atoms with Crippen LogP contribution in [0.1, 0.15) is 22.9 Å². The van der Waals surface area contributed by atoms with Crippen LogP contribution in [0.4, 0.5) is 0 Å². The molecule has 0 amide bonds. The van der Waals surface area contributed by atoms with Crippen molar-refractivity contribution in [3.8, 4) is 11.1 Å². The Bertz CT molecular complexity index is 3070. The van der Waals surface area contributed by atoms with E-state index in [0.29, 0.717) is 0 Å². The third-order valence-electron chi connectivity index (χ3n) is 9.96. The second-order valence-corrected chi connectivity index (χ2v) is 15.1. The van der Waals surface area contributed by atoms with Crippen molar-refractivity contribution in [2.45, 2.75) is 6.17 Å². The molecule has 0 aliphatic carbocycles. The first-order valence-electron chi connectivity index (χ1n) is 17.0. The Hall–Kier alpha value is -6.08. The summed E-state index contributed by atoms with van der Waals surface area (Å²) >= 11 is 3.66. The van der Waals surface area contributed by atoms with Crippen molar-refractivity contribution in [2.24, 2.45) is 9.98 Å². The van der Waals surface area contributed by atoms with Gasteiger partial charge in [0.05, 0.1) is 0 Å². The van der Waals surface area contributed by atoms with Gasteiger partial charge in [0, 0.05) is 78.9 Å². The molecule has 0 radical (unpaired) electrons. The summed E-state index contributed by atoms with van der Waals surface area (Å²) in [5.74, 6) is 1.59. The van der Waals surface area contributed by atoms with Crippen molar-refractivity contribution in [1.29, 1.82) is 0 Å². The number of benzene rings is 7. The standard InChI is InChI=1S/C45H27N3OS2/c1-2-11-26(12-3-1)43-46-44(27-23-24-39-35(25-27)29-14-5-6-21-37(29)50-39)48-45(47-43)34-19-10-20-36-40(34)33-18-8-15-30(41(33)49-36)32-17-9-16-31-28-13-4-7-22-38(28)51-42(31)32/h1-25,45H,(H,46,47,48). The molecule has 51 heavy (non-hydrogen) atoms. The first-order chi connectivity index (χ1) is 25.3. The highest BCUT2D eigenvalue weighted by molar-refractivity contribution is 7.26. The third-order valence-corrected chi connectivity index (χ3v) is 12.3. The maximum absolute atomic E-state index is 6.79. The summed E-state index contributed by atoms with van der Waals surface area (Å²) in [6, 6.07) is 53.6. The van der Waals surface area contributed by atoms with Crippen molar-refractivity contribution in [3.05, 3.63) is 168 Å². The van der Waals surface area contributed by atoms with E-state index in [4.69, 9.17) is 14.4 Å². The summed E-state index contributed by atoms with van der Waals surface area (Å²) in [6.07, 6.45) is -0.481. The van der Waals surface area contributed by atoms with Crippen LogP contribution in [0.3, 0.4) is 0 Å². The second kappa shape index (κ2) is 11.2. The number of hydrogen-bond acceptors (Lipinski definition) is 6. The number of aliphatic imine (C=N–C) groups is 2. The van der Waals surface area contributed by atoms with Crippen LogP contribution in [0.5, 0.6) is 0 Å². The van der Waals surface area contributed by atoms with E-state index in [0.717, 1.165) is 55.9 Å². The van der Waals surface area contributed by atoms with Crippen molar-refractivity contribution in [2.75, 3.05) is 0 Å². The van der Waals surface area contributed by atoms with E-state index in [1.807, 2.05) is 40.9 Å². The molecule has 4 nitrogen and oxygen atoms in total. The molecule has 1 aliphatic heterocycles. The fourth-order valence-electron chi connectivity index (χ4n) is 7.61. The van der Waals surface area contributed by atoms with Crippen LogP contribution in [-0.4, -0.2) is 11.7 Å². The number of amidine groups is 2. The van der Waals surface area contributed by atoms with Gasteiger partial charge in [0.1, 0.15) is 22.8 Å². The van der Waals surface area contributed by atoms with Gasteiger partial charge in [-0.25, -0.2) is 9.98 Å². The molecule has 1 atom stereocenters. The van der Waals surface area contributed by atoms with Crippen molar-refractivity contribution in [1.82, 2.24) is 5.32 Å². The Kier molecular flexibility index (Phi) is 6.32. The first kappa shape index (κ1) is 28.7. The molecule has 4 heterocycles. The average Bonchev–Trinajstić information content (AvgIpc) is 3.89. The zero-order valence-corrected chi connectivity index (χ0v) is 28.8. The zero-order chi connectivity index (χ0) is 33.5. The van der Waals surface area contributed by atoms with Gasteiger partial charge in [-0.3, -0.25) is 0 Å². The molecule has 0 saturated carbocycles. The zero-order valence-electron chi connectivity index (χ0n) is 27.1. The number of hydrogen-bond donors (Lipinski definition) is 1. The van der Waals surface area contributed by atoms with Gasteiger partial charge in [-0.2, -0.15) is 0 Å². The summed E-state index contributed by atoms with van der Waals surface area (Å²) in [5.41, 5.74) is 7.04. The maximum atomic E-state index is 6.79. The van der Waals surface area contributed by atoms with Gasteiger partial charge in [0.15, 0.2) is 6.17 Å². The van der Waals surface area contributed by atoms with E-state index < -0.39 is 6.17 Å². The smallest absolute Gasteiger partial charge is 0.170 e. The maximum Gasteiger partial charge on any atom is 0.170 e. The van der Waals surface area contributed by atoms with E-state index in [1.165, 1.54) is 45.9 Å². The lowest BCUT2D eigenvalue weighted by atomic mass is 9.98. The van der Waals surface area contributed by atoms with Crippen LogP contribution in [0.15, 0.2) is 166 Å². The molecule has 0 fully saturated rings. The largest absolute Gasteiger partial charge is 0.455 e. The molecule has 11 rings (SSSR count). The monoisotopic (exact) mass is 689 g/mol. The highest BCUT2D eigenvalue weighted by Crippen LogP contribution is 2.45. The van der Waals surface area contributed by atoms with Crippen molar-refractivity contribution < 1.29 is 4.42 Å². The second-order valence-electron chi connectivity index (χ2n) is 12.9. The van der Waals surface area contributed by atoms with Gasteiger partial charge in [-0.05, 0) is 36.4 Å². The highest BCUT2D eigenvalue weighted by atomic mass is 32.1. The van der Waals surface area contributed by atoms with Gasteiger partial charge < -0.3 is 9.73 Å². The van der Waals surface area contributed by atoms with Gasteiger partial charge in [0.2, 0.25) is 0 Å². The molecule has 6 heteroatoms. The Morgan fingerprint density at radius 1 is 0.490 bits per heavy atom. The van der Waals surface area contributed by atoms with Crippen LogP contribution in [0.2, 0.25) is 0 Å². The molecule has 3 aromatic heterocycles. The number of fused-ring (bicyclic) bond motifs is 9. The summed E-state index contributed by atoms with van der Waals surface area (Å²) in [5, 5.41) is 10.8. The number of nitrogens with one attached hydrogen (secondary N) is 1. The van der Waals surface area contributed by atoms with E-state index in [1.54, 1.807) is 0 Å². The molecule has 0 saturated heterocycles. The molecule has 7 aromatic carbocycles. The molecule has 240 valence electrons. The van der Waals surface area contributed by atoms with Gasteiger partial charge in [-0.1, -0.05) is 115 Å². The fraction of sp³-hybridized carbons (Fsp3) is 0.0222. The molecular formula is C45H27N3OS2. The van der Waals surface area contributed by atoms with Gasteiger partial charge in [0.25, 0.3) is 0 Å². The minimum atomic E-state index is -0.481. The van der Waals surface area contributed by atoms with Crippen molar-refractivity contribution in [3.63, 3.8) is 0 Å². The SMILES string of the molecule is c1ccc(C2=NC(c3cccc4oc5c(-c6cccc7c6sc6ccccc67)cccc5c34)N=C(c3ccc4sc5ccccc5c4c3)N2)cc1. The molecule has 0 bridgehead atoms. The Morgan fingerprint density at radius 3 is 1.98 bits per heavy atom. The topological polar surface area (TPSA) is 49.9 Å². The average molecular weight is 690 g/mol. The number of nitrogens with zero attached hydrogens (tertiary/aromatic N) is 2. The van der Waals surface area contributed by atoms with E-state index in [9.17, 15) is 0 Å². The van der Waals surface area contributed by atoms with Crippen LogP contribution in [-0.2, 0) is 0 Å². The number of para-hydroxylation sites is 1. The van der Waals surface area contributed by atoms with Crippen LogP contribution >= 0.6 is 22.7 Å². The molecule has 0 spiro atoms. The quantitative estimate of drug-likeness (QED) is 0.200. The molecular weight excluding hydrogens is 663 g/mol. The minimum Gasteiger partial charge on any atom is -0.455 e. The number of furan rings is 1.